The van der Waals surface area contributed by atoms with Crippen molar-refractivity contribution < 1.29 is 15.0 Å². The van der Waals surface area contributed by atoms with Crippen LogP contribution in [0.1, 0.15) is 40.7 Å². The summed E-state index contributed by atoms with van der Waals surface area (Å²) in [6.45, 7) is 1.53. The van der Waals surface area contributed by atoms with E-state index in [0.717, 1.165) is 37.2 Å². The fourth-order valence-electron chi connectivity index (χ4n) is 3.65. The number of rotatable bonds is 7. The van der Waals surface area contributed by atoms with Crippen LogP contribution in [-0.2, 0) is 6.42 Å². The number of carboxylic acids is 1. The van der Waals surface area contributed by atoms with Gasteiger partial charge in [-0.3, -0.25) is 0 Å². The van der Waals surface area contributed by atoms with E-state index in [9.17, 15) is 9.90 Å². The quantitative estimate of drug-likeness (QED) is 0.553. The monoisotopic (exact) mass is 415 g/mol. The van der Waals surface area contributed by atoms with Crippen LogP contribution in [0.15, 0.2) is 48.5 Å². The number of hydrogen-bond donors (Lipinski definition) is 4. The number of hydrogen-bond acceptors (Lipinski definition) is 5. The second-order valence-corrected chi connectivity index (χ2v) is 7.28. The Kier molecular flexibility index (Phi) is 8.03. The molecule has 4 N–H and O–H groups in total. The summed E-state index contributed by atoms with van der Waals surface area (Å²) in [6, 6.07) is 16.1. The molecule has 154 valence electrons. The van der Waals surface area contributed by atoms with Crippen LogP contribution in [0.25, 0.3) is 0 Å². The third kappa shape index (κ3) is 5.94. The molecule has 1 aliphatic heterocycles. The lowest BCUT2D eigenvalue weighted by molar-refractivity contribution is -0.00937. The Morgan fingerprint density at radius 2 is 1.76 bits per heavy atom. The molecule has 7 heteroatoms. The Labute approximate surface area is 177 Å². The largest absolute Gasteiger partial charge is 0.478 e. The Bertz CT molecular complexity index is 841. The maximum Gasteiger partial charge on any atom is 0.335 e. The highest BCUT2D eigenvalue weighted by Crippen LogP contribution is 2.28. The van der Waals surface area contributed by atoms with E-state index in [2.05, 4.69) is 16.7 Å². The maximum absolute atomic E-state index is 11.3. The number of nitrogens with zero attached hydrogens (tertiary/aromatic N) is 1. The zero-order chi connectivity index (χ0) is 20.0. The van der Waals surface area contributed by atoms with Crippen LogP contribution in [0.5, 0.6) is 0 Å². The molecule has 6 nitrogen and oxygen atoms in total. The number of nitriles is 1. The second-order valence-electron chi connectivity index (χ2n) is 7.28. The summed E-state index contributed by atoms with van der Waals surface area (Å²) in [4.78, 5) is 11.1. The lowest BCUT2D eigenvalue weighted by atomic mass is 9.82. The molecule has 2 aromatic carbocycles. The molecule has 0 spiro atoms. The normalized spacial score (nSPS) is 16.1. The molecule has 0 aliphatic carbocycles. The molecule has 29 heavy (non-hydrogen) atoms. The van der Waals surface area contributed by atoms with Crippen LogP contribution in [-0.4, -0.2) is 40.9 Å². The predicted octanol–water partition coefficient (Wildman–Crippen LogP) is 3.21. The number of carboxylic acid groups (broad SMARTS) is 1. The zero-order valence-corrected chi connectivity index (χ0v) is 16.9. The van der Waals surface area contributed by atoms with Gasteiger partial charge in [-0.15, -0.1) is 12.4 Å². The Morgan fingerprint density at radius 1 is 1.14 bits per heavy atom. The van der Waals surface area contributed by atoms with Crippen molar-refractivity contribution in [2.24, 2.45) is 0 Å². The van der Waals surface area contributed by atoms with Gasteiger partial charge in [0.2, 0.25) is 0 Å². The average molecular weight is 416 g/mol. The summed E-state index contributed by atoms with van der Waals surface area (Å²) in [7, 11) is 0. The van der Waals surface area contributed by atoms with Crippen LogP contribution < -0.4 is 10.6 Å². The summed E-state index contributed by atoms with van der Waals surface area (Å²) >= 11 is 0. The highest BCUT2D eigenvalue weighted by Gasteiger charge is 2.37. The molecule has 1 heterocycles. The first kappa shape index (κ1) is 22.7. The van der Waals surface area contributed by atoms with Crippen molar-refractivity contribution in [2.45, 2.75) is 37.3 Å². The number of benzene rings is 2. The fraction of sp³-hybridized carbons (Fsp3) is 0.364. The first-order chi connectivity index (χ1) is 13.5. The topological polar surface area (TPSA) is 105 Å². The van der Waals surface area contributed by atoms with Crippen molar-refractivity contribution in [3.63, 3.8) is 0 Å². The SMILES string of the molecule is Cl.N#Cc1ccc(CCC(Nc2ccc(C(=O)O)cc2)C2(O)CCNCC2)cc1. The van der Waals surface area contributed by atoms with Gasteiger partial charge < -0.3 is 20.8 Å². The van der Waals surface area contributed by atoms with Crippen LogP contribution in [0.2, 0.25) is 0 Å². The van der Waals surface area contributed by atoms with Crippen molar-refractivity contribution in [3.8, 4) is 6.07 Å². The van der Waals surface area contributed by atoms with Gasteiger partial charge in [-0.05, 0) is 80.7 Å². The molecule has 0 amide bonds. The second kappa shape index (κ2) is 10.3. The van der Waals surface area contributed by atoms with Crippen molar-refractivity contribution in [2.75, 3.05) is 18.4 Å². The molecule has 1 saturated heterocycles. The van der Waals surface area contributed by atoms with Crippen molar-refractivity contribution in [1.82, 2.24) is 5.32 Å². The first-order valence-electron chi connectivity index (χ1n) is 9.52. The van der Waals surface area contributed by atoms with E-state index in [4.69, 9.17) is 10.4 Å². The van der Waals surface area contributed by atoms with Crippen LogP contribution in [0, 0.1) is 11.3 Å². The van der Waals surface area contributed by atoms with Crippen molar-refractivity contribution in [3.05, 3.63) is 65.2 Å². The summed E-state index contributed by atoms with van der Waals surface area (Å²) in [6.07, 6.45) is 2.81. The van der Waals surface area contributed by atoms with E-state index >= 15 is 0 Å². The van der Waals surface area contributed by atoms with E-state index < -0.39 is 11.6 Å². The molecule has 0 bridgehead atoms. The van der Waals surface area contributed by atoms with Gasteiger partial charge in [-0.1, -0.05) is 12.1 Å². The minimum absolute atomic E-state index is 0. The minimum Gasteiger partial charge on any atom is -0.478 e. The lowest BCUT2D eigenvalue weighted by Gasteiger charge is -2.40. The molecule has 2 aromatic rings. The van der Waals surface area contributed by atoms with Crippen LogP contribution in [0.3, 0.4) is 0 Å². The van der Waals surface area contributed by atoms with E-state index in [1.165, 1.54) is 0 Å². The highest BCUT2D eigenvalue weighted by atomic mass is 35.5. The molecule has 1 atom stereocenters. The van der Waals surface area contributed by atoms with Gasteiger partial charge in [0, 0.05) is 5.69 Å². The lowest BCUT2D eigenvalue weighted by Crippen LogP contribution is -2.53. The zero-order valence-electron chi connectivity index (χ0n) is 16.1. The number of piperidine rings is 1. The van der Waals surface area contributed by atoms with Gasteiger partial charge in [0.15, 0.2) is 0 Å². The van der Waals surface area contributed by atoms with E-state index in [1.807, 2.05) is 24.3 Å². The number of aliphatic hydroxyl groups is 1. The minimum atomic E-state index is -0.958. The highest BCUT2D eigenvalue weighted by molar-refractivity contribution is 5.88. The third-order valence-electron chi connectivity index (χ3n) is 5.40. The Hall–Kier alpha value is -2.59. The molecule has 1 unspecified atom stereocenters. The first-order valence-corrected chi connectivity index (χ1v) is 9.52. The predicted molar refractivity (Wildman–Crippen MR) is 115 cm³/mol. The molecule has 0 saturated carbocycles. The number of anilines is 1. The van der Waals surface area contributed by atoms with E-state index in [0.29, 0.717) is 18.4 Å². The summed E-state index contributed by atoms with van der Waals surface area (Å²) in [5.74, 6) is -0.958. The molecule has 3 rings (SSSR count). The number of nitrogens with one attached hydrogen (secondary N) is 2. The van der Waals surface area contributed by atoms with Crippen LogP contribution in [0.4, 0.5) is 5.69 Å². The van der Waals surface area contributed by atoms with E-state index in [1.54, 1.807) is 24.3 Å². The third-order valence-corrected chi connectivity index (χ3v) is 5.40. The van der Waals surface area contributed by atoms with E-state index in [-0.39, 0.29) is 24.0 Å². The molecule has 1 aliphatic rings. The Balaban J connectivity index is 0.00000300. The van der Waals surface area contributed by atoms with Gasteiger partial charge in [-0.2, -0.15) is 5.26 Å². The van der Waals surface area contributed by atoms with Gasteiger partial charge in [0.25, 0.3) is 0 Å². The van der Waals surface area contributed by atoms with Gasteiger partial charge in [0.1, 0.15) is 0 Å². The number of carbonyl (C=O) groups is 1. The Morgan fingerprint density at radius 3 is 2.31 bits per heavy atom. The number of halogens is 1. The van der Waals surface area contributed by atoms with Gasteiger partial charge in [-0.25, -0.2) is 4.79 Å². The number of aryl methyl sites for hydroxylation is 1. The molecular formula is C22H26ClN3O3. The molecule has 0 aromatic heterocycles. The molecular weight excluding hydrogens is 390 g/mol. The molecule has 0 radical (unpaired) electrons. The van der Waals surface area contributed by atoms with Gasteiger partial charge >= 0.3 is 5.97 Å². The maximum atomic E-state index is 11.3. The molecule has 1 fully saturated rings. The standard InChI is InChI=1S/C22H25N3O3.ClH/c23-15-17-3-1-16(2-4-17)5-10-20(22(28)11-13-24-14-12-22)25-19-8-6-18(7-9-19)21(26)27;/h1-4,6-9,20,24-25,28H,5,10-14H2,(H,26,27);1H. The average Bonchev–Trinajstić information content (AvgIpc) is 2.72. The van der Waals surface area contributed by atoms with Crippen molar-refractivity contribution >= 4 is 24.1 Å². The van der Waals surface area contributed by atoms with Gasteiger partial charge in [0.05, 0.1) is 28.8 Å². The summed E-state index contributed by atoms with van der Waals surface area (Å²) in [5.41, 5.74) is 1.95. The smallest absolute Gasteiger partial charge is 0.335 e. The number of aromatic carboxylic acids is 1. The van der Waals surface area contributed by atoms with Crippen LogP contribution >= 0.6 is 12.4 Å². The van der Waals surface area contributed by atoms with Crippen molar-refractivity contribution in [1.29, 1.82) is 5.26 Å². The summed E-state index contributed by atoms with van der Waals surface area (Å²) in [5, 5.41) is 36.0. The summed E-state index contributed by atoms with van der Waals surface area (Å²) < 4.78 is 0. The fourth-order valence-corrected chi connectivity index (χ4v) is 3.65.